The highest BCUT2D eigenvalue weighted by atomic mass is 16.5. The zero-order chi connectivity index (χ0) is 24.8. The van der Waals surface area contributed by atoms with Gasteiger partial charge >= 0.3 is 0 Å². The maximum atomic E-state index is 11.1. The number of aliphatic imine (C=N–C) groups is 1. The molecule has 0 bridgehead atoms. The van der Waals surface area contributed by atoms with E-state index in [0.717, 1.165) is 34.2 Å². The second-order valence-electron chi connectivity index (χ2n) is 8.72. The number of nitrogens with zero attached hydrogens (tertiary/aromatic N) is 4. The Labute approximate surface area is 203 Å². The second kappa shape index (κ2) is 11.3. The summed E-state index contributed by atoms with van der Waals surface area (Å²) in [5, 5.41) is 22.9. The fourth-order valence-corrected chi connectivity index (χ4v) is 4.35. The molecule has 2 heterocycles. The summed E-state index contributed by atoms with van der Waals surface area (Å²) in [5.41, 5.74) is 4.53. The van der Waals surface area contributed by atoms with Crippen molar-refractivity contribution in [3.05, 3.63) is 47.3 Å². The maximum absolute atomic E-state index is 11.1. The van der Waals surface area contributed by atoms with Crippen LogP contribution in [0, 0.1) is 6.92 Å². The standard InChI is InChI=1S/C26H30N4O5/c1-3-17-11-20(10-16(2)24(17)34-15-21(32)13-28-23(33)14-31)25-29-26(35-30-25)19-8-9-27-22(12-19)18-6-4-5-7-18/h8-13,18,21,31-32H,3-7,14-15H2,1-2H3/t21-/m0/s1. The molecule has 0 aliphatic heterocycles. The van der Waals surface area contributed by atoms with E-state index in [4.69, 9.17) is 14.4 Å². The van der Waals surface area contributed by atoms with Crippen LogP contribution in [0.5, 0.6) is 5.75 Å². The van der Waals surface area contributed by atoms with E-state index in [-0.39, 0.29) is 6.61 Å². The first-order chi connectivity index (χ1) is 17.0. The number of aliphatic hydroxyl groups excluding tert-OH is 2. The van der Waals surface area contributed by atoms with Crippen molar-refractivity contribution >= 4 is 12.1 Å². The molecule has 0 radical (unpaired) electrons. The molecule has 1 atom stereocenters. The third kappa shape index (κ3) is 5.98. The van der Waals surface area contributed by atoms with Gasteiger partial charge in [-0.05, 0) is 61.6 Å². The summed E-state index contributed by atoms with van der Waals surface area (Å²) in [6, 6.07) is 7.80. The minimum Gasteiger partial charge on any atom is -0.490 e. The van der Waals surface area contributed by atoms with Gasteiger partial charge in [0, 0.05) is 35.2 Å². The average molecular weight is 479 g/mol. The van der Waals surface area contributed by atoms with Crippen LogP contribution in [0.4, 0.5) is 0 Å². The molecule has 2 aromatic heterocycles. The van der Waals surface area contributed by atoms with Crippen LogP contribution in [0.25, 0.3) is 22.8 Å². The van der Waals surface area contributed by atoms with Gasteiger partial charge in [0.2, 0.25) is 5.82 Å². The molecular weight excluding hydrogens is 448 g/mol. The molecule has 35 heavy (non-hydrogen) atoms. The van der Waals surface area contributed by atoms with Gasteiger partial charge in [-0.15, -0.1) is 0 Å². The average Bonchev–Trinajstić information content (AvgIpc) is 3.59. The highest BCUT2D eigenvalue weighted by Crippen LogP contribution is 2.35. The Morgan fingerprint density at radius 1 is 1.29 bits per heavy atom. The Kier molecular flexibility index (Phi) is 7.99. The number of hydrogen-bond donors (Lipinski definition) is 2. The van der Waals surface area contributed by atoms with Gasteiger partial charge in [-0.25, -0.2) is 4.99 Å². The largest absolute Gasteiger partial charge is 0.490 e. The summed E-state index contributed by atoms with van der Waals surface area (Å²) < 4.78 is 11.4. The molecule has 9 nitrogen and oxygen atoms in total. The molecule has 2 N–H and O–H groups in total. The van der Waals surface area contributed by atoms with Crippen molar-refractivity contribution in [3.63, 3.8) is 0 Å². The van der Waals surface area contributed by atoms with Crippen molar-refractivity contribution in [1.82, 2.24) is 15.1 Å². The first-order valence-electron chi connectivity index (χ1n) is 11.9. The van der Waals surface area contributed by atoms with Crippen LogP contribution in [-0.2, 0) is 11.2 Å². The summed E-state index contributed by atoms with van der Waals surface area (Å²) in [6.45, 7) is 3.14. The third-order valence-corrected chi connectivity index (χ3v) is 6.14. The molecule has 1 saturated carbocycles. The van der Waals surface area contributed by atoms with Gasteiger partial charge in [0.25, 0.3) is 11.8 Å². The Hall–Kier alpha value is -3.43. The summed E-state index contributed by atoms with van der Waals surface area (Å²) >= 11 is 0. The minimum atomic E-state index is -1.08. The number of ether oxygens (including phenoxy) is 1. The number of carbonyl (C=O) groups excluding carboxylic acids is 1. The van der Waals surface area contributed by atoms with Crippen LogP contribution in [0.1, 0.15) is 55.3 Å². The molecule has 1 fully saturated rings. The number of hydrogen-bond acceptors (Lipinski definition) is 8. The van der Waals surface area contributed by atoms with Crippen LogP contribution < -0.4 is 4.74 Å². The Bertz CT molecular complexity index is 1200. The van der Waals surface area contributed by atoms with Crippen LogP contribution in [-0.4, -0.2) is 56.8 Å². The van der Waals surface area contributed by atoms with E-state index in [2.05, 4.69) is 26.2 Å². The van der Waals surface area contributed by atoms with E-state index < -0.39 is 18.6 Å². The Morgan fingerprint density at radius 3 is 2.83 bits per heavy atom. The number of amides is 1. The SMILES string of the molecule is CCc1cc(-c2noc(-c3ccnc(C4CCCC4)c3)n2)cc(C)c1OC[C@@H](O)C=NC(=O)CO. The van der Waals surface area contributed by atoms with E-state index in [1.807, 2.05) is 32.0 Å². The predicted molar refractivity (Wildman–Crippen MR) is 130 cm³/mol. The maximum Gasteiger partial charge on any atom is 0.271 e. The van der Waals surface area contributed by atoms with E-state index in [0.29, 0.717) is 29.8 Å². The van der Waals surface area contributed by atoms with E-state index >= 15 is 0 Å². The van der Waals surface area contributed by atoms with Crippen LogP contribution in [0.2, 0.25) is 0 Å². The molecule has 9 heteroatoms. The number of aliphatic hydroxyl groups is 2. The summed E-state index contributed by atoms with van der Waals surface area (Å²) in [7, 11) is 0. The van der Waals surface area contributed by atoms with Gasteiger partial charge in [-0.3, -0.25) is 9.78 Å². The quantitative estimate of drug-likeness (QED) is 0.446. The molecular formula is C26H30N4O5. The molecule has 4 rings (SSSR count). The summed E-state index contributed by atoms with van der Waals surface area (Å²) in [5.74, 6) is 1.37. The van der Waals surface area contributed by atoms with Gasteiger partial charge < -0.3 is 19.5 Å². The van der Waals surface area contributed by atoms with Gasteiger partial charge in [-0.1, -0.05) is 24.9 Å². The Balaban J connectivity index is 1.51. The molecule has 0 spiro atoms. The van der Waals surface area contributed by atoms with E-state index in [1.54, 1.807) is 6.20 Å². The van der Waals surface area contributed by atoms with Gasteiger partial charge in [0.15, 0.2) is 0 Å². The van der Waals surface area contributed by atoms with Crippen molar-refractivity contribution < 1.29 is 24.3 Å². The molecule has 1 aliphatic rings. The van der Waals surface area contributed by atoms with Crippen molar-refractivity contribution in [1.29, 1.82) is 0 Å². The van der Waals surface area contributed by atoms with Gasteiger partial charge in [0.1, 0.15) is 25.1 Å². The minimum absolute atomic E-state index is 0.0763. The van der Waals surface area contributed by atoms with Crippen molar-refractivity contribution in [2.24, 2.45) is 4.99 Å². The lowest BCUT2D eigenvalue weighted by atomic mass is 10.0. The van der Waals surface area contributed by atoms with Crippen molar-refractivity contribution in [2.75, 3.05) is 13.2 Å². The van der Waals surface area contributed by atoms with Gasteiger partial charge in [0.05, 0.1) is 0 Å². The summed E-state index contributed by atoms with van der Waals surface area (Å²) in [6.07, 6.45) is 7.31. The number of benzene rings is 1. The topological polar surface area (TPSA) is 131 Å². The highest BCUT2D eigenvalue weighted by Gasteiger charge is 2.20. The lowest BCUT2D eigenvalue weighted by Crippen LogP contribution is -2.20. The zero-order valence-electron chi connectivity index (χ0n) is 20.0. The monoisotopic (exact) mass is 478 g/mol. The van der Waals surface area contributed by atoms with E-state index in [1.165, 1.54) is 25.7 Å². The van der Waals surface area contributed by atoms with Crippen molar-refractivity contribution in [3.8, 4) is 28.6 Å². The van der Waals surface area contributed by atoms with Gasteiger partial charge in [-0.2, -0.15) is 4.98 Å². The third-order valence-electron chi connectivity index (χ3n) is 6.14. The van der Waals surface area contributed by atoms with E-state index in [9.17, 15) is 9.90 Å². The van der Waals surface area contributed by atoms with Crippen molar-refractivity contribution in [2.45, 2.75) is 58.0 Å². The second-order valence-corrected chi connectivity index (χ2v) is 8.72. The number of pyridine rings is 1. The lowest BCUT2D eigenvalue weighted by Gasteiger charge is -2.15. The lowest BCUT2D eigenvalue weighted by molar-refractivity contribution is -0.120. The number of aromatic nitrogens is 3. The summed E-state index contributed by atoms with van der Waals surface area (Å²) in [4.78, 5) is 23.7. The fraction of sp³-hybridized carbons (Fsp3) is 0.423. The molecule has 0 unspecified atom stereocenters. The molecule has 1 aliphatic carbocycles. The molecule has 1 amide bonds. The number of aryl methyl sites for hydroxylation is 2. The first kappa shape index (κ1) is 24.7. The molecule has 184 valence electrons. The zero-order valence-corrected chi connectivity index (χ0v) is 20.0. The number of carbonyl (C=O) groups is 1. The molecule has 3 aromatic rings. The fourth-order valence-electron chi connectivity index (χ4n) is 4.35. The van der Waals surface area contributed by atoms with Crippen LogP contribution in [0.3, 0.4) is 0 Å². The first-order valence-corrected chi connectivity index (χ1v) is 11.9. The van der Waals surface area contributed by atoms with Crippen LogP contribution >= 0.6 is 0 Å². The smallest absolute Gasteiger partial charge is 0.271 e. The normalized spacial score (nSPS) is 15.1. The Morgan fingerprint density at radius 2 is 2.09 bits per heavy atom. The van der Waals surface area contributed by atoms with Crippen LogP contribution in [0.15, 0.2) is 40.0 Å². The molecule has 0 saturated heterocycles. The predicted octanol–water partition coefficient (Wildman–Crippen LogP) is 3.66. The number of rotatable bonds is 9. The highest BCUT2D eigenvalue weighted by molar-refractivity contribution is 5.86. The molecule has 1 aromatic carbocycles.